The molecule has 1 N–H and O–H groups in total. The van der Waals surface area contributed by atoms with Crippen LogP contribution in [0.5, 0.6) is 0 Å². The third kappa shape index (κ3) is 2.73. The zero-order valence-electron chi connectivity index (χ0n) is 10.1. The summed E-state index contributed by atoms with van der Waals surface area (Å²) in [5.74, 6) is 2.40. The van der Waals surface area contributed by atoms with Crippen LogP contribution < -0.4 is 10.9 Å². The Morgan fingerprint density at radius 1 is 1.72 bits per heavy atom. The molecule has 1 fully saturated rings. The van der Waals surface area contributed by atoms with Crippen LogP contribution in [0, 0.1) is 12.3 Å². The van der Waals surface area contributed by atoms with Gasteiger partial charge in [-0.15, -0.1) is 6.42 Å². The van der Waals surface area contributed by atoms with Crippen molar-refractivity contribution in [1.82, 2.24) is 9.78 Å². The van der Waals surface area contributed by atoms with Crippen molar-refractivity contribution in [1.29, 1.82) is 0 Å². The van der Waals surface area contributed by atoms with Gasteiger partial charge in [0.2, 0.25) is 0 Å². The minimum atomic E-state index is -0.202. The molecule has 2 rings (SSSR count). The number of rotatable bonds is 5. The van der Waals surface area contributed by atoms with Crippen LogP contribution in [0.4, 0.5) is 5.69 Å². The maximum Gasteiger partial charge on any atom is 0.284 e. The van der Waals surface area contributed by atoms with Crippen molar-refractivity contribution in [3.05, 3.63) is 21.0 Å². The molecule has 1 aromatic heterocycles. The van der Waals surface area contributed by atoms with Gasteiger partial charge in [-0.25, -0.2) is 4.68 Å². The van der Waals surface area contributed by atoms with Crippen molar-refractivity contribution >= 4 is 33.4 Å². The largest absolute Gasteiger partial charge is 0.381 e. The highest BCUT2D eigenvalue weighted by Crippen LogP contribution is 2.47. The van der Waals surface area contributed by atoms with Gasteiger partial charge in [0, 0.05) is 11.3 Å². The molecule has 1 aliphatic rings. The number of anilines is 1. The van der Waals surface area contributed by atoms with Gasteiger partial charge in [0.1, 0.15) is 11.0 Å². The second-order valence-electron chi connectivity index (χ2n) is 4.28. The summed E-state index contributed by atoms with van der Waals surface area (Å²) in [5.41, 5.74) is 0.528. The standard InChI is InChI=1S/C12H14BrN3OS/c1-3-6-16-11(17)10(13)9(7-15-16)14-8-12(18-2)4-5-12/h1,7,14H,4-6,8H2,2H3. The van der Waals surface area contributed by atoms with E-state index in [2.05, 4.69) is 38.5 Å². The molecule has 1 aliphatic carbocycles. The van der Waals surface area contributed by atoms with Crippen molar-refractivity contribution in [2.45, 2.75) is 24.1 Å². The Morgan fingerprint density at radius 3 is 3.00 bits per heavy atom. The van der Waals surface area contributed by atoms with Gasteiger partial charge in [0.05, 0.1) is 11.9 Å². The first-order valence-electron chi connectivity index (χ1n) is 5.60. The topological polar surface area (TPSA) is 46.9 Å². The van der Waals surface area contributed by atoms with E-state index in [-0.39, 0.29) is 12.1 Å². The minimum Gasteiger partial charge on any atom is -0.381 e. The Balaban J connectivity index is 2.13. The normalized spacial score (nSPS) is 16.1. The molecule has 4 nitrogen and oxygen atoms in total. The van der Waals surface area contributed by atoms with Crippen LogP contribution in [-0.2, 0) is 6.54 Å². The molecule has 18 heavy (non-hydrogen) atoms. The fraction of sp³-hybridized carbons (Fsp3) is 0.500. The van der Waals surface area contributed by atoms with Crippen molar-refractivity contribution in [3.8, 4) is 12.3 Å². The first kappa shape index (κ1) is 13.5. The summed E-state index contributed by atoms with van der Waals surface area (Å²) in [5, 5.41) is 7.32. The van der Waals surface area contributed by atoms with Gasteiger partial charge >= 0.3 is 0 Å². The van der Waals surface area contributed by atoms with E-state index in [0.29, 0.717) is 9.22 Å². The molecule has 1 heterocycles. The molecular formula is C12H14BrN3OS. The summed E-state index contributed by atoms with van der Waals surface area (Å²) in [6.07, 6.45) is 11.4. The molecule has 0 saturated heterocycles. The van der Waals surface area contributed by atoms with E-state index in [1.165, 1.54) is 17.5 Å². The first-order chi connectivity index (χ1) is 8.62. The van der Waals surface area contributed by atoms with E-state index in [9.17, 15) is 4.79 Å². The van der Waals surface area contributed by atoms with Crippen molar-refractivity contribution in [2.75, 3.05) is 18.1 Å². The zero-order valence-corrected chi connectivity index (χ0v) is 12.5. The van der Waals surface area contributed by atoms with E-state index in [0.717, 1.165) is 12.2 Å². The van der Waals surface area contributed by atoms with Crippen LogP contribution in [0.1, 0.15) is 12.8 Å². The lowest BCUT2D eigenvalue weighted by Crippen LogP contribution is -2.25. The smallest absolute Gasteiger partial charge is 0.284 e. The highest BCUT2D eigenvalue weighted by molar-refractivity contribution is 9.10. The van der Waals surface area contributed by atoms with E-state index in [1.807, 2.05) is 11.8 Å². The van der Waals surface area contributed by atoms with Crippen molar-refractivity contribution in [3.63, 3.8) is 0 Å². The Hall–Kier alpha value is -0.930. The Morgan fingerprint density at radius 2 is 2.44 bits per heavy atom. The lowest BCUT2D eigenvalue weighted by molar-refractivity contribution is 0.659. The maximum absolute atomic E-state index is 11.9. The zero-order chi connectivity index (χ0) is 13.2. The molecule has 0 unspecified atom stereocenters. The number of hydrogen-bond acceptors (Lipinski definition) is 4. The molecule has 0 aromatic carbocycles. The molecule has 1 aromatic rings. The maximum atomic E-state index is 11.9. The number of nitrogens with one attached hydrogen (secondary N) is 1. The monoisotopic (exact) mass is 327 g/mol. The fourth-order valence-electron chi connectivity index (χ4n) is 1.64. The van der Waals surface area contributed by atoms with Gasteiger partial charge in [-0.05, 0) is 35.0 Å². The first-order valence-corrected chi connectivity index (χ1v) is 7.62. The van der Waals surface area contributed by atoms with Crippen LogP contribution in [0.3, 0.4) is 0 Å². The van der Waals surface area contributed by atoms with Crippen molar-refractivity contribution in [2.24, 2.45) is 0 Å². The molecule has 0 amide bonds. The van der Waals surface area contributed by atoms with E-state index >= 15 is 0 Å². The lowest BCUT2D eigenvalue weighted by atomic mass is 10.3. The summed E-state index contributed by atoms with van der Waals surface area (Å²) >= 11 is 5.17. The van der Waals surface area contributed by atoms with Gasteiger partial charge in [-0.1, -0.05) is 5.92 Å². The molecule has 1 saturated carbocycles. The average molecular weight is 328 g/mol. The summed E-state index contributed by atoms with van der Waals surface area (Å²) < 4.78 is 2.09. The summed E-state index contributed by atoms with van der Waals surface area (Å²) in [6, 6.07) is 0. The quantitative estimate of drug-likeness (QED) is 0.840. The van der Waals surface area contributed by atoms with Crippen LogP contribution in [0.15, 0.2) is 15.5 Å². The van der Waals surface area contributed by atoms with Crippen molar-refractivity contribution < 1.29 is 0 Å². The Labute approximate surface area is 119 Å². The van der Waals surface area contributed by atoms with Gasteiger partial charge in [-0.3, -0.25) is 4.79 Å². The Kier molecular flexibility index (Phi) is 4.03. The predicted molar refractivity (Wildman–Crippen MR) is 79.0 cm³/mol. The minimum absolute atomic E-state index is 0.187. The van der Waals surface area contributed by atoms with Crippen LogP contribution in [0.2, 0.25) is 0 Å². The number of aromatic nitrogens is 2. The van der Waals surface area contributed by atoms with Gasteiger partial charge in [-0.2, -0.15) is 16.9 Å². The molecule has 0 bridgehead atoms. The second kappa shape index (κ2) is 5.37. The Bertz CT molecular complexity index is 545. The van der Waals surface area contributed by atoms with Gasteiger partial charge in [0.25, 0.3) is 5.56 Å². The summed E-state index contributed by atoms with van der Waals surface area (Å²) in [4.78, 5) is 11.9. The van der Waals surface area contributed by atoms with Crippen LogP contribution in [0.25, 0.3) is 0 Å². The molecular weight excluding hydrogens is 314 g/mol. The fourth-order valence-corrected chi connectivity index (χ4v) is 2.81. The number of nitrogens with zero attached hydrogens (tertiary/aromatic N) is 2. The molecule has 0 aliphatic heterocycles. The number of halogens is 1. The lowest BCUT2D eigenvalue weighted by Gasteiger charge is -2.15. The van der Waals surface area contributed by atoms with E-state index in [1.54, 1.807) is 6.20 Å². The van der Waals surface area contributed by atoms with Gasteiger partial charge in [0.15, 0.2) is 0 Å². The highest BCUT2D eigenvalue weighted by Gasteiger charge is 2.41. The number of thioether (sulfide) groups is 1. The van der Waals surface area contributed by atoms with Crippen LogP contribution in [-0.4, -0.2) is 27.3 Å². The van der Waals surface area contributed by atoms with E-state index < -0.39 is 0 Å². The predicted octanol–water partition coefficient (Wildman–Crippen LogP) is 1.95. The molecule has 0 spiro atoms. The highest BCUT2D eigenvalue weighted by atomic mass is 79.9. The third-order valence-corrected chi connectivity index (χ3v) is 5.25. The summed E-state index contributed by atoms with van der Waals surface area (Å²) in [6.45, 7) is 1.04. The second-order valence-corrected chi connectivity index (χ2v) is 6.35. The van der Waals surface area contributed by atoms with Gasteiger partial charge < -0.3 is 5.32 Å². The molecule has 6 heteroatoms. The molecule has 96 valence electrons. The van der Waals surface area contributed by atoms with Crippen LogP contribution >= 0.6 is 27.7 Å². The third-order valence-electron chi connectivity index (χ3n) is 3.07. The number of terminal acetylenes is 1. The number of hydrogen-bond donors (Lipinski definition) is 1. The molecule has 0 atom stereocenters. The SMILES string of the molecule is C#CCn1ncc(NCC2(SC)CC2)c(Br)c1=O. The van der Waals surface area contributed by atoms with E-state index in [4.69, 9.17) is 6.42 Å². The summed E-state index contributed by atoms with van der Waals surface area (Å²) in [7, 11) is 0. The molecule has 0 radical (unpaired) electrons. The average Bonchev–Trinajstić information content (AvgIpc) is 3.15.